The van der Waals surface area contributed by atoms with Gasteiger partial charge in [0.25, 0.3) is 0 Å². The van der Waals surface area contributed by atoms with Crippen molar-refractivity contribution >= 4 is 46.4 Å². The average Bonchev–Trinajstić information content (AvgIpc) is 3.26. The standard InChI is InChI=1S/C23H27Cl2N3O2/c1-2-7-21(27-22(29)15-18-19(24)10-6-11-20(18)25)23(30)26-16-8-5-9-17(14-16)28-12-3-4-13-28/h5-6,8-11,14,21H,2-4,7,12-13,15H2,1H3,(H,26,30)(H,27,29). The molecule has 0 aliphatic carbocycles. The van der Waals surface area contributed by atoms with Crippen LogP contribution in [0.4, 0.5) is 11.4 Å². The van der Waals surface area contributed by atoms with Gasteiger partial charge >= 0.3 is 0 Å². The van der Waals surface area contributed by atoms with Crippen LogP contribution in [-0.2, 0) is 16.0 Å². The van der Waals surface area contributed by atoms with Crippen LogP contribution in [0.25, 0.3) is 0 Å². The van der Waals surface area contributed by atoms with Crippen LogP contribution in [0.2, 0.25) is 10.0 Å². The van der Waals surface area contributed by atoms with E-state index in [1.54, 1.807) is 18.2 Å². The number of benzene rings is 2. The molecule has 1 heterocycles. The van der Waals surface area contributed by atoms with Gasteiger partial charge in [0.15, 0.2) is 0 Å². The Morgan fingerprint density at radius 1 is 1.07 bits per heavy atom. The summed E-state index contributed by atoms with van der Waals surface area (Å²) in [6, 6.07) is 12.3. The Hall–Kier alpha value is -2.24. The maximum absolute atomic E-state index is 12.9. The molecule has 0 aromatic heterocycles. The largest absolute Gasteiger partial charge is 0.371 e. The molecule has 1 aliphatic rings. The SMILES string of the molecule is CCCC(NC(=O)Cc1c(Cl)cccc1Cl)C(=O)Nc1cccc(N2CCCC2)c1. The van der Waals surface area contributed by atoms with Crippen molar-refractivity contribution in [2.45, 2.75) is 45.1 Å². The molecule has 1 fully saturated rings. The van der Waals surface area contributed by atoms with E-state index in [0.717, 1.165) is 30.9 Å². The Bertz CT molecular complexity index is 878. The second-order valence-corrected chi connectivity index (χ2v) is 8.33. The summed E-state index contributed by atoms with van der Waals surface area (Å²) in [5.41, 5.74) is 2.40. The topological polar surface area (TPSA) is 61.4 Å². The molecule has 30 heavy (non-hydrogen) atoms. The van der Waals surface area contributed by atoms with Crippen LogP contribution in [0.3, 0.4) is 0 Å². The molecule has 2 aromatic carbocycles. The summed E-state index contributed by atoms with van der Waals surface area (Å²) < 4.78 is 0. The second-order valence-electron chi connectivity index (χ2n) is 7.52. The molecule has 0 radical (unpaired) electrons. The van der Waals surface area contributed by atoms with E-state index >= 15 is 0 Å². The summed E-state index contributed by atoms with van der Waals surface area (Å²) in [5, 5.41) is 6.66. The number of amides is 2. The molecule has 2 amide bonds. The molecule has 0 spiro atoms. The van der Waals surface area contributed by atoms with Crippen LogP contribution in [-0.4, -0.2) is 30.9 Å². The first-order chi connectivity index (χ1) is 14.5. The van der Waals surface area contributed by atoms with E-state index in [0.29, 0.717) is 22.0 Å². The molecule has 1 atom stereocenters. The first-order valence-electron chi connectivity index (χ1n) is 10.4. The van der Waals surface area contributed by atoms with Crippen molar-refractivity contribution in [1.29, 1.82) is 0 Å². The van der Waals surface area contributed by atoms with E-state index < -0.39 is 6.04 Å². The van der Waals surface area contributed by atoms with Crippen molar-refractivity contribution < 1.29 is 9.59 Å². The molecule has 1 unspecified atom stereocenters. The molecule has 7 heteroatoms. The number of anilines is 2. The molecule has 0 saturated carbocycles. The molecule has 2 aromatic rings. The number of nitrogens with one attached hydrogen (secondary N) is 2. The monoisotopic (exact) mass is 447 g/mol. The Morgan fingerprint density at radius 3 is 2.40 bits per heavy atom. The zero-order chi connectivity index (χ0) is 21.5. The first-order valence-corrected chi connectivity index (χ1v) is 11.1. The van der Waals surface area contributed by atoms with Crippen LogP contribution in [0.1, 0.15) is 38.2 Å². The normalized spacial score (nSPS) is 14.4. The number of carbonyl (C=O) groups is 2. The molecule has 160 valence electrons. The highest BCUT2D eigenvalue weighted by atomic mass is 35.5. The fourth-order valence-electron chi connectivity index (χ4n) is 3.65. The van der Waals surface area contributed by atoms with Gasteiger partial charge in [-0.15, -0.1) is 0 Å². The number of rotatable bonds is 8. The lowest BCUT2D eigenvalue weighted by Crippen LogP contribution is -2.44. The van der Waals surface area contributed by atoms with Crippen LogP contribution in [0, 0.1) is 0 Å². The van der Waals surface area contributed by atoms with Crippen molar-refractivity contribution in [2.75, 3.05) is 23.3 Å². The van der Waals surface area contributed by atoms with Crippen molar-refractivity contribution in [3.63, 3.8) is 0 Å². The van der Waals surface area contributed by atoms with Gasteiger partial charge in [0.05, 0.1) is 6.42 Å². The van der Waals surface area contributed by atoms with Crippen molar-refractivity contribution in [2.24, 2.45) is 0 Å². The summed E-state index contributed by atoms with van der Waals surface area (Å²) in [5.74, 6) is -0.515. The Morgan fingerprint density at radius 2 is 1.73 bits per heavy atom. The molecular formula is C23H27Cl2N3O2. The van der Waals surface area contributed by atoms with Gasteiger partial charge in [0.2, 0.25) is 11.8 Å². The lowest BCUT2D eigenvalue weighted by molar-refractivity contribution is -0.126. The van der Waals surface area contributed by atoms with E-state index in [1.807, 2.05) is 25.1 Å². The predicted octanol–water partition coefficient (Wildman–Crippen LogP) is 5.06. The maximum atomic E-state index is 12.9. The third-order valence-corrected chi connectivity index (χ3v) is 5.92. The van der Waals surface area contributed by atoms with Gasteiger partial charge in [-0.1, -0.05) is 48.7 Å². The lowest BCUT2D eigenvalue weighted by atomic mass is 10.1. The summed E-state index contributed by atoms with van der Waals surface area (Å²) in [6.45, 7) is 4.05. The Balaban J connectivity index is 1.64. The lowest BCUT2D eigenvalue weighted by Gasteiger charge is -2.20. The van der Waals surface area contributed by atoms with E-state index in [2.05, 4.69) is 21.6 Å². The van der Waals surface area contributed by atoms with Crippen molar-refractivity contribution in [3.8, 4) is 0 Å². The van der Waals surface area contributed by atoms with Gasteiger partial charge in [-0.3, -0.25) is 9.59 Å². The second kappa shape index (κ2) is 10.7. The molecule has 5 nitrogen and oxygen atoms in total. The molecule has 2 N–H and O–H groups in total. The third kappa shape index (κ3) is 5.89. The Kier molecular flexibility index (Phi) is 8.00. The number of hydrogen-bond donors (Lipinski definition) is 2. The number of hydrogen-bond acceptors (Lipinski definition) is 3. The number of nitrogens with zero attached hydrogens (tertiary/aromatic N) is 1. The van der Waals surface area contributed by atoms with E-state index in [1.165, 1.54) is 12.8 Å². The number of halogens is 2. The van der Waals surface area contributed by atoms with Crippen LogP contribution in [0.5, 0.6) is 0 Å². The summed E-state index contributed by atoms with van der Waals surface area (Å²) in [4.78, 5) is 27.8. The summed E-state index contributed by atoms with van der Waals surface area (Å²) in [7, 11) is 0. The molecular weight excluding hydrogens is 421 g/mol. The van der Waals surface area contributed by atoms with E-state index in [9.17, 15) is 9.59 Å². The minimum Gasteiger partial charge on any atom is -0.371 e. The third-order valence-electron chi connectivity index (χ3n) is 5.21. The Labute approximate surface area is 187 Å². The van der Waals surface area contributed by atoms with Gasteiger partial charge in [0.1, 0.15) is 6.04 Å². The van der Waals surface area contributed by atoms with E-state index in [-0.39, 0.29) is 18.2 Å². The van der Waals surface area contributed by atoms with Gasteiger partial charge in [-0.2, -0.15) is 0 Å². The number of carbonyl (C=O) groups excluding carboxylic acids is 2. The smallest absolute Gasteiger partial charge is 0.246 e. The highest BCUT2D eigenvalue weighted by molar-refractivity contribution is 6.36. The first kappa shape index (κ1) is 22.4. The minimum atomic E-state index is -0.626. The van der Waals surface area contributed by atoms with Crippen molar-refractivity contribution in [1.82, 2.24) is 5.32 Å². The zero-order valence-corrected chi connectivity index (χ0v) is 18.6. The van der Waals surface area contributed by atoms with Gasteiger partial charge < -0.3 is 15.5 Å². The van der Waals surface area contributed by atoms with Gasteiger partial charge in [-0.25, -0.2) is 0 Å². The van der Waals surface area contributed by atoms with Crippen LogP contribution >= 0.6 is 23.2 Å². The van der Waals surface area contributed by atoms with E-state index in [4.69, 9.17) is 23.2 Å². The highest BCUT2D eigenvalue weighted by Crippen LogP contribution is 2.25. The minimum absolute atomic E-state index is 0.0243. The van der Waals surface area contributed by atoms with Crippen LogP contribution in [0.15, 0.2) is 42.5 Å². The molecule has 3 rings (SSSR count). The van der Waals surface area contributed by atoms with Crippen LogP contribution < -0.4 is 15.5 Å². The average molecular weight is 448 g/mol. The van der Waals surface area contributed by atoms with Crippen molar-refractivity contribution in [3.05, 3.63) is 58.1 Å². The van der Waals surface area contributed by atoms with Gasteiger partial charge in [0, 0.05) is 34.5 Å². The predicted molar refractivity (Wildman–Crippen MR) is 124 cm³/mol. The zero-order valence-electron chi connectivity index (χ0n) is 17.1. The quantitative estimate of drug-likeness (QED) is 0.594. The maximum Gasteiger partial charge on any atom is 0.246 e. The fourth-order valence-corrected chi connectivity index (χ4v) is 4.18. The molecule has 0 bridgehead atoms. The summed E-state index contributed by atoms with van der Waals surface area (Å²) in [6.07, 6.45) is 3.71. The molecule has 1 saturated heterocycles. The fraction of sp³-hybridized carbons (Fsp3) is 0.391. The summed E-state index contributed by atoms with van der Waals surface area (Å²) >= 11 is 12.3. The molecule has 1 aliphatic heterocycles. The van der Waals surface area contributed by atoms with Gasteiger partial charge in [-0.05, 0) is 55.2 Å². The highest BCUT2D eigenvalue weighted by Gasteiger charge is 2.22.